The van der Waals surface area contributed by atoms with E-state index in [9.17, 15) is 14.7 Å². The average Bonchev–Trinajstić information content (AvgIpc) is 3.53. The highest BCUT2D eigenvalue weighted by Gasteiger charge is 2.48. The van der Waals surface area contributed by atoms with Crippen LogP contribution in [0.3, 0.4) is 0 Å². The maximum Gasteiger partial charge on any atom is 0.308 e. The monoisotopic (exact) mass is 547 g/mol. The van der Waals surface area contributed by atoms with Gasteiger partial charge in [-0.15, -0.1) is 0 Å². The van der Waals surface area contributed by atoms with Crippen LogP contribution in [0.15, 0.2) is 54.6 Å². The number of amides is 1. The van der Waals surface area contributed by atoms with E-state index in [1.165, 1.54) is 0 Å². The molecule has 2 aromatic carbocycles. The van der Waals surface area contributed by atoms with E-state index in [4.69, 9.17) is 10.5 Å². The van der Waals surface area contributed by atoms with Crippen LogP contribution in [0.4, 0.5) is 5.69 Å². The number of aliphatic carboxylic acids is 1. The quantitative estimate of drug-likeness (QED) is 0.347. The number of carbonyl (C=O) groups excluding carboxylic acids is 1. The third kappa shape index (κ3) is 6.76. The van der Waals surface area contributed by atoms with Crippen LogP contribution in [0.1, 0.15) is 69.6 Å². The van der Waals surface area contributed by atoms with Gasteiger partial charge in [-0.3, -0.25) is 14.5 Å². The smallest absolute Gasteiger partial charge is 0.308 e. The molecule has 0 radical (unpaired) electrons. The number of benzene rings is 2. The number of ether oxygens (including phenoxy) is 1. The molecular formula is C33H45N3O4. The Morgan fingerprint density at radius 1 is 1.23 bits per heavy atom. The van der Waals surface area contributed by atoms with Gasteiger partial charge in [0.1, 0.15) is 5.75 Å². The largest absolute Gasteiger partial charge is 0.493 e. The van der Waals surface area contributed by atoms with E-state index >= 15 is 0 Å². The van der Waals surface area contributed by atoms with Gasteiger partial charge in [0.15, 0.2) is 0 Å². The van der Waals surface area contributed by atoms with Crippen LogP contribution in [0.5, 0.6) is 5.75 Å². The molecule has 0 saturated carbocycles. The lowest BCUT2D eigenvalue weighted by Crippen LogP contribution is -2.45. The minimum atomic E-state index is -0.809. The van der Waals surface area contributed by atoms with Crippen molar-refractivity contribution in [3.05, 3.63) is 71.3 Å². The zero-order chi connectivity index (χ0) is 28.9. The van der Waals surface area contributed by atoms with Crippen molar-refractivity contribution < 1.29 is 19.4 Å². The minimum Gasteiger partial charge on any atom is -0.493 e. The fourth-order valence-corrected chi connectivity index (χ4v) is 6.40. The van der Waals surface area contributed by atoms with Crippen LogP contribution in [0.25, 0.3) is 0 Å². The fraction of sp³-hybridized carbons (Fsp3) is 0.515. The van der Waals surface area contributed by atoms with E-state index in [1.54, 1.807) is 0 Å². The lowest BCUT2D eigenvalue weighted by Gasteiger charge is -2.34. The summed E-state index contributed by atoms with van der Waals surface area (Å²) in [6.45, 7) is 10.7. The Hall–Kier alpha value is -3.16. The van der Waals surface area contributed by atoms with E-state index in [2.05, 4.69) is 37.8 Å². The number of allylic oxidation sites excluding steroid dienone is 2. The van der Waals surface area contributed by atoms with Crippen molar-refractivity contribution in [3.63, 3.8) is 0 Å². The molecule has 2 aromatic rings. The van der Waals surface area contributed by atoms with Crippen molar-refractivity contribution in [3.8, 4) is 5.75 Å². The van der Waals surface area contributed by atoms with Crippen molar-refractivity contribution in [1.82, 2.24) is 4.90 Å². The van der Waals surface area contributed by atoms with Gasteiger partial charge in [0.2, 0.25) is 5.91 Å². The van der Waals surface area contributed by atoms with E-state index < -0.39 is 11.9 Å². The van der Waals surface area contributed by atoms with Crippen LogP contribution >= 0.6 is 0 Å². The number of anilines is 1. The number of carboxylic acid groups (broad SMARTS) is 1. The first-order valence-corrected chi connectivity index (χ1v) is 14.6. The van der Waals surface area contributed by atoms with Crippen molar-refractivity contribution in [2.45, 2.75) is 71.9 Å². The van der Waals surface area contributed by atoms with Gasteiger partial charge >= 0.3 is 5.97 Å². The first-order valence-electron chi connectivity index (χ1n) is 14.6. The molecule has 4 rings (SSSR count). The number of hydrogen-bond donors (Lipinski definition) is 2. The summed E-state index contributed by atoms with van der Waals surface area (Å²) in [4.78, 5) is 30.9. The van der Waals surface area contributed by atoms with Crippen LogP contribution in [0, 0.1) is 11.3 Å². The number of nitrogens with two attached hydrogens (primary N) is 1. The second-order valence-electron chi connectivity index (χ2n) is 11.9. The molecule has 1 unspecified atom stereocenters. The molecule has 0 aromatic heterocycles. The molecule has 2 heterocycles. The lowest BCUT2D eigenvalue weighted by atomic mass is 9.77. The zero-order valence-corrected chi connectivity index (χ0v) is 24.4. The summed E-state index contributed by atoms with van der Waals surface area (Å²) >= 11 is 0. The number of hydrogen-bond acceptors (Lipinski definition) is 5. The number of fused-ring (bicyclic) bond motifs is 1. The number of carbonyl (C=O) groups is 2. The average molecular weight is 548 g/mol. The molecule has 1 saturated heterocycles. The van der Waals surface area contributed by atoms with E-state index in [1.807, 2.05) is 54.3 Å². The van der Waals surface area contributed by atoms with Gasteiger partial charge in [0.25, 0.3) is 0 Å². The Kier molecular flexibility index (Phi) is 9.69. The first kappa shape index (κ1) is 29.8. The molecule has 0 aliphatic carbocycles. The van der Waals surface area contributed by atoms with Gasteiger partial charge in [0, 0.05) is 43.7 Å². The minimum absolute atomic E-state index is 0.0106. The number of likely N-dealkylation sites (tertiary alicyclic amines) is 1. The molecule has 3 atom stereocenters. The Labute approximate surface area is 239 Å². The van der Waals surface area contributed by atoms with E-state index in [0.717, 1.165) is 47.4 Å². The SMILES string of the molecule is CC=CC(C)(C)C[C@H]1C(C(=O)O)[C@@H](c2ccc3c(c2)CCO3)CN1CC(=O)N(CCCC)c1cccc(CN)c1. The summed E-state index contributed by atoms with van der Waals surface area (Å²) in [6, 6.07) is 13.7. The summed E-state index contributed by atoms with van der Waals surface area (Å²) in [5.74, 6) is -0.771. The van der Waals surface area contributed by atoms with Crippen molar-refractivity contribution >= 4 is 17.6 Å². The standard InChI is InChI=1S/C33H45N3O4/c1-5-7-15-36(26-10-8-9-23(17-26)20-34)30(37)22-35-21-27(24-11-12-29-25(18-24)13-16-40-29)31(32(38)39)28(35)19-33(3,4)14-6-2/h6,8-12,14,17-18,27-28,31H,5,7,13,15-16,19-22,34H2,1-4H3,(H,38,39)/t27-,28+,31?/m1/s1. The van der Waals surface area contributed by atoms with Crippen LogP contribution in [0.2, 0.25) is 0 Å². The van der Waals surface area contributed by atoms with E-state index in [0.29, 0.717) is 32.7 Å². The van der Waals surface area contributed by atoms with E-state index in [-0.39, 0.29) is 29.8 Å². The summed E-state index contributed by atoms with van der Waals surface area (Å²) < 4.78 is 5.70. The third-order valence-electron chi connectivity index (χ3n) is 8.36. The number of unbranched alkanes of at least 4 members (excludes halogenated alkanes) is 1. The lowest BCUT2D eigenvalue weighted by molar-refractivity contribution is -0.143. The highest BCUT2D eigenvalue weighted by molar-refractivity contribution is 5.95. The summed E-state index contributed by atoms with van der Waals surface area (Å²) in [6.07, 6.45) is 7.49. The summed E-state index contributed by atoms with van der Waals surface area (Å²) in [5.41, 5.74) is 9.65. The predicted octanol–water partition coefficient (Wildman–Crippen LogP) is 5.37. The van der Waals surface area contributed by atoms with Gasteiger partial charge in [-0.05, 0) is 60.1 Å². The van der Waals surface area contributed by atoms with Crippen molar-refractivity contribution in [2.24, 2.45) is 17.1 Å². The molecule has 0 bridgehead atoms. The van der Waals surface area contributed by atoms with Gasteiger partial charge in [-0.25, -0.2) is 0 Å². The van der Waals surface area contributed by atoms with Crippen molar-refractivity contribution in [1.29, 1.82) is 0 Å². The molecular weight excluding hydrogens is 502 g/mol. The van der Waals surface area contributed by atoms with Gasteiger partial charge in [-0.2, -0.15) is 0 Å². The normalized spacial score (nSPS) is 21.0. The van der Waals surface area contributed by atoms with Crippen LogP contribution in [-0.4, -0.2) is 54.2 Å². The Morgan fingerprint density at radius 2 is 2.02 bits per heavy atom. The highest BCUT2D eigenvalue weighted by atomic mass is 16.5. The van der Waals surface area contributed by atoms with Crippen molar-refractivity contribution in [2.75, 3.05) is 31.1 Å². The topological polar surface area (TPSA) is 96.1 Å². The van der Waals surface area contributed by atoms with Crippen LogP contribution < -0.4 is 15.4 Å². The fourth-order valence-electron chi connectivity index (χ4n) is 6.40. The molecule has 0 spiro atoms. The van der Waals surface area contributed by atoms with Crippen LogP contribution in [-0.2, 0) is 22.6 Å². The third-order valence-corrected chi connectivity index (χ3v) is 8.36. The molecule has 3 N–H and O–H groups in total. The number of rotatable bonds is 12. The zero-order valence-electron chi connectivity index (χ0n) is 24.4. The van der Waals surface area contributed by atoms with Gasteiger partial charge in [-0.1, -0.05) is 63.6 Å². The Balaban J connectivity index is 1.68. The molecule has 1 amide bonds. The molecule has 1 fully saturated rings. The predicted molar refractivity (Wildman–Crippen MR) is 160 cm³/mol. The number of carboxylic acids is 1. The molecule has 7 nitrogen and oxygen atoms in total. The molecule has 216 valence electrons. The summed E-state index contributed by atoms with van der Waals surface area (Å²) in [7, 11) is 0. The Morgan fingerprint density at radius 3 is 2.73 bits per heavy atom. The maximum atomic E-state index is 14.0. The number of nitrogens with zero attached hydrogens (tertiary/aromatic N) is 2. The second kappa shape index (κ2) is 13.0. The molecule has 2 aliphatic heterocycles. The van der Waals surface area contributed by atoms with Gasteiger partial charge < -0.3 is 20.5 Å². The molecule has 40 heavy (non-hydrogen) atoms. The molecule has 2 aliphatic rings. The molecule has 7 heteroatoms. The first-order chi connectivity index (χ1) is 19.2. The second-order valence-corrected chi connectivity index (χ2v) is 11.9. The highest BCUT2D eigenvalue weighted by Crippen LogP contribution is 2.44. The summed E-state index contributed by atoms with van der Waals surface area (Å²) in [5, 5.41) is 10.6. The Bertz CT molecular complexity index is 1220. The maximum absolute atomic E-state index is 14.0. The van der Waals surface area contributed by atoms with Gasteiger partial charge in [0.05, 0.1) is 19.1 Å².